The SMILES string of the molecule is O=C(CSc1ccccc1)NCc1nc(-c2cccc(Br)c2)no1. The monoisotopic (exact) mass is 403 g/mol. The largest absolute Gasteiger partial charge is 0.346 e. The molecule has 0 saturated carbocycles. The Balaban J connectivity index is 1.51. The van der Waals surface area contributed by atoms with Crippen LogP contribution in [0, 0.1) is 0 Å². The number of benzene rings is 2. The molecule has 1 N–H and O–H groups in total. The maximum atomic E-state index is 11.9. The number of hydrogen-bond acceptors (Lipinski definition) is 5. The van der Waals surface area contributed by atoms with Crippen molar-refractivity contribution in [3.8, 4) is 11.4 Å². The van der Waals surface area contributed by atoms with Crippen molar-refractivity contribution in [1.82, 2.24) is 15.5 Å². The molecule has 3 rings (SSSR count). The Hall–Kier alpha value is -2.12. The Labute approximate surface area is 152 Å². The zero-order valence-corrected chi connectivity index (χ0v) is 15.0. The van der Waals surface area contributed by atoms with Crippen LogP contribution in [0.2, 0.25) is 0 Å². The number of rotatable bonds is 6. The first-order chi connectivity index (χ1) is 11.7. The molecule has 0 radical (unpaired) electrons. The van der Waals surface area contributed by atoms with Crippen LogP contribution in [0.1, 0.15) is 5.89 Å². The highest BCUT2D eigenvalue weighted by Crippen LogP contribution is 2.20. The van der Waals surface area contributed by atoms with Gasteiger partial charge < -0.3 is 9.84 Å². The molecular formula is C17H14BrN3O2S. The van der Waals surface area contributed by atoms with E-state index in [4.69, 9.17) is 4.52 Å². The summed E-state index contributed by atoms with van der Waals surface area (Å²) in [5.41, 5.74) is 0.852. The van der Waals surface area contributed by atoms with E-state index in [9.17, 15) is 4.79 Å². The lowest BCUT2D eigenvalue weighted by Crippen LogP contribution is -2.24. The van der Waals surface area contributed by atoms with E-state index in [1.165, 1.54) is 11.8 Å². The van der Waals surface area contributed by atoms with Gasteiger partial charge in [0.05, 0.1) is 12.3 Å². The molecule has 3 aromatic rings. The third-order valence-corrected chi connectivity index (χ3v) is 4.61. The van der Waals surface area contributed by atoms with Gasteiger partial charge in [-0.25, -0.2) is 0 Å². The van der Waals surface area contributed by atoms with E-state index in [0.717, 1.165) is 14.9 Å². The minimum Gasteiger partial charge on any atom is -0.346 e. The fourth-order valence-corrected chi connectivity index (χ4v) is 3.11. The Morgan fingerprint density at radius 3 is 2.79 bits per heavy atom. The summed E-state index contributed by atoms with van der Waals surface area (Å²) in [6, 6.07) is 17.4. The zero-order valence-electron chi connectivity index (χ0n) is 12.6. The second-order valence-corrected chi connectivity index (χ2v) is 6.86. The number of nitrogens with zero attached hydrogens (tertiary/aromatic N) is 2. The summed E-state index contributed by atoms with van der Waals surface area (Å²) in [7, 11) is 0. The summed E-state index contributed by atoms with van der Waals surface area (Å²) >= 11 is 4.89. The number of aromatic nitrogens is 2. The Kier molecular flexibility index (Phi) is 5.66. The highest BCUT2D eigenvalue weighted by molar-refractivity contribution is 9.10. The third kappa shape index (κ3) is 4.69. The Bertz CT molecular complexity index is 823. The molecule has 1 aromatic heterocycles. The molecule has 0 aliphatic rings. The van der Waals surface area contributed by atoms with Gasteiger partial charge in [0.15, 0.2) is 0 Å². The molecule has 0 atom stereocenters. The molecule has 0 saturated heterocycles. The second kappa shape index (κ2) is 8.12. The number of hydrogen-bond donors (Lipinski definition) is 1. The van der Waals surface area contributed by atoms with Crippen LogP contribution in [0.4, 0.5) is 0 Å². The van der Waals surface area contributed by atoms with Crippen LogP contribution in [-0.4, -0.2) is 21.8 Å². The number of carbonyl (C=O) groups excluding carboxylic acids is 1. The predicted molar refractivity (Wildman–Crippen MR) is 96.4 cm³/mol. The van der Waals surface area contributed by atoms with E-state index >= 15 is 0 Å². The van der Waals surface area contributed by atoms with Crippen molar-refractivity contribution in [2.45, 2.75) is 11.4 Å². The van der Waals surface area contributed by atoms with Crippen LogP contribution >= 0.6 is 27.7 Å². The van der Waals surface area contributed by atoms with Gasteiger partial charge in [-0.05, 0) is 24.3 Å². The molecule has 0 unspecified atom stereocenters. The van der Waals surface area contributed by atoms with Gasteiger partial charge in [-0.2, -0.15) is 4.98 Å². The van der Waals surface area contributed by atoms with Gasteiger partial charge in [0.25, 0.3) is 0 Å². The fraction of sp³-hybridized carbons (Fsp3) is 0.118. The number of thioether (sulfide) groups is 1. The number of halogens is 1. The first-order valence-electron chi connectivity index (χ1n) is 7.24. The van der Waals surface area contributed by atoms with Gasteiger partial charge in [0.1, 0.15) is 0 Å². The van der Waals surface area contributed by atoms with Crippen LogP contribution in [0.25, 0.3) is 11.4 Å². The molecule has 0 bridgehead atoms. The van der Waals surface area contributed by atoms with Crippen molar-refractivity contribution in [3.05, 3.63) is 65.0 Å². The normalized spacial score (nSPS) is 10.5. The first-order valence-corrected chi connectivity index (χ1v) is 9.01. The lowest BCUT2D eigenvalue weighted by Gasteiger charge is -2.02. The maximum absolute atomic E-state index is 11.9. The molecule has 1 amide bonds. The summed E-state index contributed by atoms with van der Waals surface area (Å²) in [6.07, 6.45) is 0. The Morgan fingerprint density at radius 1 is 1.17 bits per heavy atom. The van der Waals surface area contributed by atoms with Crippen LogP contribution in [0.15, 0.2) is 68.5 Å². The van der Waals surface area contributed by atoms with Crippen molar-refractivity contribution >= 4 is 33.6 Å². The first kappa shape index (κ1) is 16.7. The zero-order chi connectivity index (χ0) is 16.8. The molecular weight excluding hydrogens is 390 g/mol. The average Bonchev–Trinajstić information content (AvgIpc) is 3.08. The number of nitrogens with one attached hydrogen (secondary N) is 1. The van der Waals surface area contributed by atoms with E-state index in [1.807, 2.05) is 54.6 Å². The second-order valence-electron chi connectivity index (χ2n) is 4.90. The van der Waals surface area contributed by atoms with Gasteiger partial charge in [-0.3, -0.25) is 4.79 Å². The quantitative estimate of drug-likeness (QED) is 0.631. The molecule has 7 heteroatoms. The minimum absolute atomic E-state index is 0.0777. The molecule has 0 aliphatic carbocycles. The molecule has 122 valence electrons. The van der Waals surface area contributed by atoms with Crippen LogP contribution in [-0.2, 0) is 11.3 Å². The highest BCUT2D eigenvalue weighted by Gasteiger charge is 2.10. The topological polar surface area (TPSA) is 68.0 Å². The maximum Gasteiger partial charge on any atom is 0.246 e. The summed E-state index contributed by atoms with van der Waals surface area (Å²) in [5.74, 6) is 1.14. The van der Waals surface area contributed by atoms with E-state index in [0.29, 0.717) is 17.5 Å². The summed E-state index contributed by atoms with van der Waals surface area (Å²) in [6.45, 7) is 0.217. The van der Waals surface area contributed by atoms with E-state index in [2.05, 4.69) is 31.4 Å². The van der Waals surface area contributed by atoms with Crippen molar-refractivity contribution in [2.75, 3.05) is 5.75 Å². The van der Waals surface area contributed by atoms with Gasteiger partial charge in [0, 0.05) is 14.9 Å². The molecule has 2 aromatic carbocycles. The van der Waals surface area contributed by atoms with Crippen LogP contribution < -0.4 is 5.32 Å². The van der Waals surface area contributed by atoms with Crippen molar-refractivity contribution in [3.63, 3.8) is 0 Å². The predicted octanol–water partition coefficient (Wildman–Crippen LogP) is 3.91. The third-order valence-electron chi connectivity index (χ3n) is 3.10. The molecule has 1 heterocycles. The number of carbonyl (C=O) groups is 1. The number of amides is 1. The van der Waals surface area contributed by atoms with E-state index < -0.39 is 0 Å². The van der Waals surface area contributed by atoms with Crippen molar-refractivity contribution in [2.24, 2.45) is 0 Å². The van der Waals surface area contributed by atoms with Gasteiger partial charge in [-0.1, -0.05) is 51.4 Å². The standard InChI is InChI=1S/C17H14BrN3O2S/c18-13-6-4-5-12(9-13)17-20-16(23-21-17)10-19-15(22)11-24-14-7-2-1-3-8-14/h1-9H,10-11H2,(H,19,22). The molecule has 5 nitrogen and oxygen atoms in total. The van der Waals surface area contributed by atoms with Crippen molar-refractivity contribution < 1.29 is 9.32 Å². The highest BCUT2D eigenvalue weighted by atomic mass is 79.9. The van der Waals surface area contributed by atoms with E-state index in [1.54, 1.807) is 0 Å². The van der Waals surface area contributed by atoms with Crippen LogP contribution in [0.5, 0.6) is 0 Å². The lowest BCUT2D eigenvalue weighted by atomic mass is 10.2. The molecule has 0 fully saturated rings. The molecule has 0 aliphatic heterocycles. The van der Waals surface area contributed by atoms with Crippen molar-refractivity contribution in [1.29, 1.82) is 0 Å². The van der Waals surface area contributed by atoms with E-state index in [-0.39, 0.29) is 12.5 Å². The smallest absolute Gasteiger partial charge is 0.246 e. The van der Waals surface area contributed by atoms with Crippen LogP contribution in [0.3, 0.4) is 0 Å². The van der Waals surface area contributed by atoms with Gasteiger partial charge in [0.2, 0.25) is 17.6 Å². The lowest BCUT2D eigenvalue weighted by molar-refractivity contribution is -0.118. The minimum atomic E-state index is -0.0777. The van der Waals surface area contributed by atoms with Gasteiger partial charge >= 0.3 is 0 Å². The molecule has 24 heavy (non-hydrogen) atoms. The summed E-state index contributed by atoms with van der Waals surface area (Å²) in [4.78, 5) is 17.2. The molecule has 0 spiro atoms. The summed E-state index contributed by atoms with van der Waals surface area (Å²) < 4.78 is 6.12. The fourth-order valence-electron chi connectivity index (χ4n) is 1.96. The summed E-state index contributed by atoms with van der Waals surface area (Å²) in [5, 5.41) is 6.72. The average molecular weight is 404 g/mol. The van der Waals surface area contributed by atoms with Gasteiger partial charge in [-0.15, -0.1) is 11.8 Å². The Morgan fingerprint density at radius 2 is 2.00 bits per heavy atom.